The number of nitrogens with zero attached hydrogens (tertiary/aromatic N) is 1. The number of nitro benzene ring substituents is 1. The van der Waals surface area contributed by atoms with Gasteiger partial charge in [0.25, 0.3) is 5.69 Å². The summed E-state index contributed by atoms with van der Waals surface area (Å²) in [6.07, 6.45) is 2.85. The summed E-state index contributed by atoms with van der Waals surface area (Å²) in [5.74, 6) is 3.92. The summed E-state index contributed by atoms with van der Waals surface area (Å²) in [4.78, 5) is 24.7. The van der Waals surface area contributed by atoms with E-state index < -0.39 is 10.9 Å². The molecule has 84 valence electrons. The van der Waals surface area contributed by atoms with E-state index in [9.17, 15) is 14.9 Å². The molecule has 0 saturated heterocycles. The van der Waals surface area contributed by atoms with E-state index >= 15 is 0 Å². The molecule has 0 heterocycles. The van der Waals surface area contributed by atoms with Crippen molar-refractivity contribution in [2.24, 2.45) is 5.90 Å². The number of hydrogen-bond donors (Lipinski definition) is 1. The molecule has 16 heavy (non-hydrogen) atoms. The van der Waals surface area contributed by atoms with Crippen LogP contribution in [0.15, 0.2) is 36.4 Å². The van der Waals surface area contributed by atoms with Gasteiger partial charge in [0.2, 0.25) is 0 Å². The molecule has 0 radical (unpaired) electrons. The molecule has 6 heteroatoms. The van der Waals surface area contributed by atoms with Crippen molar-refractivity contribution in [3.05, 3.63) is 52.1 Å². The Balaban J connectivity index is 2.77. The smallest absolute Gasteiger partial charge is 0.348 e. The molecule has 1 rings (SSSR count). The number of hydrogen-bond acceptors (Lipinski definition) is 5. The lowest BCUT2D eigenvalue weighted by Crippen LogP contribution is -2.06. The summed E-state index contributed by atoms with van der Waals surface area (Å²) in [6.45, 7) is 0. The van der Waals surface area contributed by atoms with Crippen molar-refractivity contribution in [2.45, 2.75) is 6.42 Å². The van der Waals surface area contributed by atoms with Crippen LogP contribution >= 0.6 is 0 Å². The van der Waals surface area contributed by atoms with Crippen LogP contribution in [0.2, 0.25) is 0 Å². The predicted octanol–water partition coefficient (Wildman–Crippen LogP) is 1.11. The van der Waals surface area contributed by atoms with Gasteiger partial charge >= 0.3 is 5.97 Å². The Bertz CT molecular complexity index is 429. The van der Waals surface area contributed by atoms with Crippen molar-refractivity contribution in [3.63, 3.8) is 0 Å². The first kappa shape index (κ1) is 11.9. The van der Waals surface area contributed by atoms with E-state index in [2.05, 4.69) is 10.7 Å². The van der Waals surface area contributed by atoms with Gasteiger partial charge in [-0.05, 0) is 6.42 Å². The summed E-state index contributed by atoms with van der Waals surface area (Å²) >= 11 is 0. The van der Waals surface area contributed by atoms with Crippen molar-refractivity contribution >= 4 is 11.7 Å². The Kier molecular flexibility index (Phi) is 4.16. The first-order chi connectivity index (χ1) is 7.65. The monoisotopic (exact) mass is 222 g/mol. The first-order valence-corrected chi connectivity index (χ1v) is 4.44. The Labute approximate surface area is 91.4 Å². The Morgan fingerprint density at radius 3 is 2.81 bits per heavy atom. The van der Waals surface area contributed by atoms with Crippen LogP contribution < -0.4 is 5.90 Å². The number of nitro groups is 1. The van der Waals surface area contributed by atoms with E-state index in [1.165, 1.54) is 12.1 Å². The van der Waals surface area contributed by atoms with Crippen LogP contribution in [0.5, 0.6) is 0 Å². The highest BCUT2D eigenvalue weighted by Gasteiger charge is 2.10. The maximum absolute atomic E-state index is 10.7. The minimum Gasteiger partial charge on any atom is -0.370 e. The van der Waals surface area contributed by atoms with Crippen LogP contribution in [0.25, 0.3) is 0 Å². The number of rotatable bonds is 4. The van der Waals surface area contributed by atoms with Crippen LogP contribution in [0.3, 0.4) is 0 Å². The fourth-order valence-corrected chi connectivity index (χ4v) is 1.18. The van der Waals surface area contributed by atoms with Gasteiger partial charge in [-0.15, -0.1) is 0 Å². The fourth-order valence-electron chi connectivity index (χ4n) is 1.18. The van der Waals surface area contributed by atoms with Gasteiger partial charge in [0.05, 0.1) is 4.92 Å². The van der Waals surface area contributed by atoms with Gasteiger partial charge in [-0.2, -0.15) is 5.90 Å². The van der Waals surface area contributed by atoms with Crippen LogP contribution in [-0.2, 0) is 16.1 Å². The molecule has 0 aliphatic rings. The summed E-state index contributed by atoms with van der Waals surface area (Å²) in [5, 5.41) is 10.6. The van der Waals surface area contributed by atoms with Gasteiger partial charge in [0.15, 0.2) is 0 Å². The van der Waals surface area contributed by atoms with Crippen LogP contribution in [0.4, 0.5) is 5.69 Å². The number of para-hydroxylation sites is 1. The molecule has 0 atom stereocenters. The molecule has 0 bridgehead atoms. The van der Waals surface area contributed by atoms with Crippen LogP contribution in [-0.4, -0.2) is 10.9 Å². The highest BCUT2D eigenvalue weighted by molar-refractivity contribution is 5.81. The van der Waals surface area contributed by atoms with Crippen molar-refractivity contribution in [3.8, 4) is 0 Å². The van der Waals surface area contributed by atoms with E-state index in [1.807, 2.05) is 0 Å². The van der Waals surface area contributed by atoms with Crippen LogP contribution in [0, 0.1) is 10.1 Å². The Morgan fingerprint density at radius 1 is 1.50 bits per heavy atom. The summed E-state index contributed by atoms with van der Waals surface area (Å²) in [5.41, 5.74) is 0.543. The second kappa shape index (κ2) is 5.62. The molecule has 0 unspecified atom stereocenters. The molecule has 0 fully saturated rings. The minimum absolute atomic E-state index is 0.0215. The quantitative estimate of drug-likeness (QED) is 0.467. The normalized spacial score (nSPS) is 10.3. The molecule has 0 aromatic heterocycles. The van der Waals surface area contributed by atoms with E-state index in [0.29, 0.717) is 5.56 Å². The second-order valence-electron chi connectivity index (χ2n) is 2.93. The van der Waals surface area contributed by atoms with Gasteiger partial charge in [0.1, 0.15) is 0 Å². The predicted molar refractivity (Wildman–Crippen MR) is 56.2 cm³/mol. The van der Waals surface area contributed by atoms with Gasteiger partial charge in [-0.3, -0.25) is 10.1 Å². The minimum atomic E-state index is -0.696. The molecule has 6 nitrogen and oxygen atoms in total. The lowest BCUT2D eigenvalue weighted by Gasteiger charge is -1.98. The molecule has 0 amide bonds. The standard InChI is InChI=1S/C10H10N2O4/c11-16-10(13)7-3-5-8-4-1-2-6-9(8)12(14)15/h1-4,6-7H,5,11H2. The van der Waals surface area contributed by atoms with E-state index in [1.54, 1.807) is 18.2 Å². The zero-order chi connectivity index (χ0) is 12.0. The summed E-state index contributed by atoms with van der Waals surface area (Å²) < 4.78 is 0. The number of carbonyl (C=O) groups is 1. The first-order valence-electron chi connectivity index (χ1n) is 4.44. The zero-order valence-electron chi connectivity index (χ0n) is 8.33. The second-order valence-corrected chi connectivity index (χ2v) is 2.93. The summed E-state index contributed by atoms with van der Waals surface area (Å²) in [6, 6.07) is 6.30. The van der Waals surface area contributed by atoms with Crippen molar-refractivity contribution in [1.29, 1.82) is 0 Å². The topological polar surface area (TPSA) is 95.5 Å². The zero-order valence-corrected chi connectivity index (χ0v) is 8.33. The average molecular weight is 222 g/mol. The molecular weight excluding hydrogens is 212 g/mol. The SMILES string of the molecule is NOC(=O)C=CCc1ccccc1[N+](=O)[O-]. The van der Waals surface area contributed by atoms with E-state index in [4.69, 9.17) is 0 Å². The molecule has 0 saturated carbocycles. The Morgan fingerprint density at radius 2 is 2.19 bits per heavy atom. The van der Waals surface area contributed by atoms with Gasteiger partial charge < -0.3 is 4.84 Å². The number of benzene rings is 1. The molecule has 2 N–H and O–H groups in total. The third-order valence-corrected chi connectivity index (χ3v) is 1.90. The maximum atomic E-state index is 10.7. The van der Waals surface area contributed by atoms with Crippen molar-refractivity contribution in [2.75, 3.05) is 0 Å². The summed E-state index contributed by atoms with van der Waals surface area (Å²) in [7, 11) is 0. The van der Waals surface area contributed by atoms with Crippen molar-refractivity contribution < 1.29 is 14.6 Å². The number of allylic oxidation sites excluding steroid dienone is 1. The van der Waals surface area contributed by atoms with Gasteiger partial charge in [-0.25, -0.2) is 4.79 Å². The molecule has 1 aromatic rings. The lowest BCUT2D eigenvalue weighted by molar-refractivity contribution is -0.385. The molecular formula is C10H10N2O4. The number of nitrogens with two attached hydrogens (primary N) is 1. The van der Waals surface area contributed by atoms with E-state index in [0.717, 1.165) is 6.08 Å². The molecule has 0 aliphatic heterocycles. The van der Waals surface area contributed by atoms with E-state index in [-0.39, 0.29) is 12.1 Å². The lowest BCUT2D eigenvalue weighted by atomic mass is 10.1. The number of carbonyl (C=O) groups excluding carboxylic acids is 1. The van der Waals surface area contributed by atoms with Gasteiger partial charge in [-0.1, -0.05) is 24.3 Å². The van der Waals surface area contributed by atoms with Crippen LogP contribution in [0.1, 0.15) is 5.56 Å². The highest BCUT2D eigenvalue weighted by Crippen LogP contribution is 2.18. The maximum Gasteiger partial charge on any atom is 0.348 e. The largest absolute Gasteiger partial charge is 0.370 e. The fraction of sp³-hybridized carbons (Fsp3) is 0.100. The molecule has 1 aromatic carbocycles. The molecule has 0 aliphatic carbocycles. The average Bonchev–Trinajstić information content (AvgIpc) is 2.29. The van der Waals surface area contributed by atoms with Crippen molar-refractivity contribution in [1.82, 2.24) is 0 Å². The molecule has 0 spiro atoms. The van der Waals surface area contributed by atoms with Gasteiger partial charge in [0, 0.05) is 17.7 Å². The third kappa shape index (κ3) is 3.18. The highest BCUT2D eigenvalue weighted by atomic mass is 16.7. The Hall–Kier alpha value is -2.21. The third-order valence-electron chi connectivity index (χ3n) is 1.90.